The third-order valence-electron chi connectivity index (χ3n) is 3.18. The van der Waals surface area contributed by atoms with E-state index < -0.39 is 0 Å². The fraction of sp³-hybridized carbons (Fsp3) is 0.818. The number of nitrogens with two attached hydrogens (primary N) is 1. The summed E-state index contributed by atoms with van der Waals surface area (Å²) in [5, 5.41) is 3.19. The smallest absolute Gasteiger partial charge is 0.234 e. The molecule has 17 heavy (non-hydrogen) atoms. The van der Waals surface area contributed by atoms with Crippen molar-refractivity contribution < 1.29 is 9.59 Å². The van der Waals surface area contributed by atoms with E-state index in [2.05, 4.69) is 26.1 Å². The molecule has 2 atom stereocenters. The third-order valence-corrected chi connectivity index (χ3v) is 3.69. The molecule has 0 aliphatic carbocycles. The summed E-state index contributed by atoms with van der Waals surface area (Å²) in [6, 6.07) is -0.160. The van der Waals surface area contributed by atoms with Crippen LogP contribution in [0.5, 0.6) is 0 Å². The van der Waals surface area contributed by atoms with Crippen LogP contribution in [-0.4, -0.2) is 47.7 Å². The van der Waals surface area contributed by atoms with Crippen LogP contribution in [0.3, 0.4) is 0 Å². The lowest BCUT2D eigenvalue weighted by Crippen LogP contribution is -2.43. The van der Waals surface area contributed by atoms with Crippen LogP contribution in [0, 0.1) is 5.92 Å². The minimum Gasteiger partial charge on any atom is -0.368 e. The van der Waals surface area contributed by atoms with Gasteiger partial charge < -0.3 is 11.1 Å². The number of hydrogen-bond acceptors (Lipinski definition) is 3. The van der Waals surface area contributed by atoms with Gasteiger partial charge in [0.15, 0.2) is 0 Å². The molecule has 0 aromatic carbocycles. The Bertz CT molecular complexity index is 286. The highest BCUT2D eigenvalue weighted by molar-refractivity contribution is 9.09. The molecule has 0 aromatic rings. The van der Waals surface area contributed by atoms with Gasteiger partial charge in [-0.05, 0) is 25.3 Å². The van der Waals surface area contributed by atoms with Crippen LogP contribution in [0.1, 0.15) is 19.8 Å². The highest BCUT2D eigenvalue weighted by atomic mass is 79.9. The molecule has 1 rings (SSSR count). The lowest BCUT2D eigenvalue weighted by Gasteiger charge is -2.23. The number of nitrogens with zero attached hydrogens (tertiary/aromatic N) is 1. The maximum Gasteiger partial charge on any atom is 0.234 e. The number of primary amides is 1. The van der Waals surface area contributed by atoms with Crippen molar-refractivity contribution >= 4 is 27.7 Å². The van der Waals surface area contributed by atoms with Crippen LogP contribution in [0.2, 0.25) is 0 Å². The largest absolute Gasteiger partial charge is 0.368 e. The molecule has 1 unspecified atom stereocenters. The zero-order valence-corrected chi connectivity index (χ0v) is 11.7. The number of nitrogens with one attached hydrogen (secondary N) is 1. The molecule has 3 N–H and O–H groups in total. The van der Waals surface area contributed by atoms with E-state index in [1.165, 1.54) is 0 Å². The summed E-state index contributed by atoms with van der Waals surface area (Å²) in [7, 11) is 0. The highest BCUT2D eigenvalue weighted by Gasteiger charge is 2.30. The van der Waals surface area contributed by atoms with Crippen LogP contribution in [-0.2, 0) is 9.59 Å². The van der Waals surface area contributed by atoms with Crippen molar-refractivity contribution in [3.63, 3.8) is 0 Å². The van der Waals surface area contributed by atoms with E-state index in [4.69, 9.17) is 5.73 Å². The van der Waals surface area contributed by atoms with Gasteiger partial charge >= 0.3 is 0 Å². The van der Waals surface area contributed by atoms with Crippen LogP contribution in [0.15, 0.2) is 0 Å². The summed E-state index contributed by atoms with van der Waals surface area (Å²) in [4.78, 5) is 24.5. The Morgan fingerprint density at radius 3 is 2.82 bits per heavy atom. The summed E-state index contributed by atoms with van der Waals surface area (Å²) in [6.45, 7) is 4.37. The average molecular weight is 306 g/mol. The summed E-state index contributed by atoms with van der Waals surface area (Å²) >= 11 is 3.11. The molecule has 1 heterocycles. The molecule has 1 aliphatic heterocycles. The Hall–Kier alpha value is -0.620. The van der Waals surface area contributed by atoms with Crippen LogP contribution >= 0.6 is 15.9 Å². The van der Waals surface area contributed by atoms with Gasteiger partial charge in [-0.3, -0.25) is 14.5 Å². The first-order valence-corrected chi connectivity index (χ1v) is 7.06. The number of carbonyl (C=O) groups excluding carboxylic acids is 2. The van der Waals surface area contributed by atoms with E-state index >= 15 is 0 Å². The zero-order valence-electron chi connectivity index (χ0n) is 10.1. The molecular weight excluding hydrogens is 286 g/mol. The van der Waals surface area contributed by atoms with Gasteiger partial charge in [0.25, 0.3) is 0 Å². The lowest BCUT2D eigenvalue weighted by atomic mass is 10.1. The van der Waals surface area contributed by atoms with Gasteiger partial charge in [-0.1, -0.05) is 22.9 Å². The first-order valence-electron chi connectivity index (χ1n) is 5.94. The zero-order chi connectivity index (χ0) is 12.8. The van der Waals surface area contributed by atoms with Crippen LogP contribution in [0.25, 0.3) is 0 Å². The van der Waals surface area contributed by atoms with Crippen molar-refractivity contribution in [1.29, 1.82) is 0 Å². The Morgan fingerprint density at radius 1 is 1.59 bits per heavy atom. The van der Waals surface area contributed by atoms with E-state index in [9.17, 15) is 9.59 Å². The number of amides is 2. The standard InChI is InChI=1S/C11H20BrN3O2/c1-2-9(11(13)17)15-4-3-8(7-15)6-14-10(16)5-12/h8-9H,2-7H2,1H3,(H2,13,17)(H,14,16)/t8?,9-/m1/s1. The molecular formula is C11H20BrN3O2. The minimum absolute atomic E-state index is 0.00499. The van der Waals surface area contributed by atoms with Crippen molar-refractivity contribution in [2.75, 3.05) is 25.0 Å². The second kappa shape index (κ2) is 6.96. The molecule has 0 aromatic heterocycles. The Balaban J connectivity index is 2.36. The van der Waals surface area contributed by atoms with Crippen molar-refractivity contribution in [3.05, 3.63) is 0 Å². The van der Waals surface area contributed by atoms with E-state index in [-0.39, 0.29) is 17.9 Å². The van der Waals surface area contributed by atoms with Gasteiger partial charge in [0, 0.05) is 13.1 Å². The summed E-state index contributed by atoms with van der Waals surface area (Å²) in [5.41, 5.74) is 5.36. The van der Waals surface area contributed by atoms with Gasteiger partial charge in [-0.15, -0.1) is 0 Å². The molecule has 1 saturated heterocycles. The van der Waals surface area contributed by atoms with Gasteiger partial charge in [-0.2, -0.15) is 0 Å². The van der Waals surface area contributed by atoms with E-state index in [0.717, 1.165) is 25.9 Å². The number of halogens is 1. The molecule has 98 valence electrons. The van der Waals surface area contributed by atoms with E-state index in [1.807, 2.05) is 6.92 Å². The lowest BCUT2D eigenvalue weighted by molar-refractivity contribution is -0.123. The molecule has 2 amide bonds. The van der Waals surface area contributed by atoms with Crippen molar-refractivity contribution in [2.24, 2.45) is 11.7 Å². The first kappa shape index (κ1) is 14.4. The molecule has 1 fully saturated rings. The molecule has 0 spiro atoms. The predicted molar refractivity (Wildman–Crippen MR) is 69.8 cm³/mol. The maximum atomic E-state index is 11.2. The molecule has 0 saturated carbocycles. The second-order valence-electron chi connectivity index (χ2n) is 4.41. The average Bonchev–Trinajstić information content (AvgIpc) is 2.75. The quantitative estimate of drug-likeness (QED) is 0.683. The fourth-order valence-corrected chi connectivity index (χ4v) is 2.46. The summed E-state index contributed by atoms with van der Waals surface area (Å²) in [5.74, 6) is 0.175. The minimum atomic E-state index is -0.252. The second-order valence-corrected chi connectivity index (χ2v) is 4.97. The molecule has 5 nitrogen and oxygen atoms in total. The van der Waals surface area contributed by atoms with Crippen LogP contribution < -0.4 is 11.1 Å². The number of hydrogen-bond donors (Lipinski definition) is 2. The number of rotatable bonds is 6. The van der Waals surface area contributed by atoms with Crippen molar-refractivity contribution in [2.45, 2.75) is 25.8 Å². The van der Waals surface area contributed by atoms with Gasteiger partial charge in [-0.25, -0.2) is 0 Å². The SMILES string of the molecule is CC[C@H](C(N)=O)N1CCC(CNC(=O)CBr)C1. The Kier molecular flexibility index (Phi) is 5.91. The topological polar surface area (TPSA) is 75.4 Å². The van der Waals surface area contributed by atoms with Gasteiger partial charge in [0.2, 0.25) is 11.8 Å². The number of carbonyl (C=O) groups is 2. The molecule has 1 aliphatic rings. The predicted octanol–water partition coefficient (Wildman–Crippen LogP) is 0.0833. The fourth-order valence-electron chi connectivity index (χ4n) is 2.26. The highest BCUT2D eigenvalue weighted by Crippen LogP contribution is 2.19. The van der Waals surface area contributed by atoms with E-state index in [0.29, 0.717) is 17.8 Å². The number of likely N-dealkylation sites (tertiary alicyclic amines) is 1. The monoisotopic (exact) mass is 305 g/mol. The Morgan fingerprint density at radius 2 is 2.29 bits per heavy atom. The van der Waals surface area contributed by atoms with E-state index in [1.54, 1.807) is 0 Å². The molecule has 6 heteroatoms. The van der Waals surface area contributed by atoms with Gasteiger partial charge in [0.1, 0.15) is 0 Å². The van der Waals surface area contributed by atoms with Crippen molar-refractivity contribution in [1.82, 2.24) is 10.2 Å². The Labute approximate surface area is 110 Å². The normalized spacial score (nSPS) is 22.4. The third kappa shape index (κ3) is 4.27. The summed E-state index contributed by atoms with van der Waals surface area (Å²) in [6.07, 6.45) is 1.75. The van der Waals surface area contributed by atoms with Gasteiger partial charge in [0.05, 0.1) is 11.4 Å². The molecule has 0 bridgehead atoms. The summed E-state index contributed by atoms with van der Waals surface area (Å²) < 4.78 is 0. The maximum absolute atomic E-state index is 11.2. The number of alkyl halides is 1. The van der Waals surface area contributed by atoms with Crippen LogP contribution in [0.4, 0.5) is 0 Å². The van der Waals surface area contributed by atoms with Crippen molar-refractivity contribution in [3.8, 4) is 0 Å². The molecule has 0 radical (unpaired) electrons. The first-order chi connectivity index (χ1) is 8.08.